The van der Waals surface area contributed by atoms with Gasteiger partial charge in [0, 0.05) is 22.3 Å². The van der Waals surface area contributed by atoms with Crippen LogP contribution in [0.25, 0.3) is 0 Å². The molecule has 0 spiro atoms. The molecule has 2 rings (SSSR count). The molecule has 0 aliphatic heterocycles. The maximum absolute atomic E-state index is 12.4. The van der Waals surface area contributed by atoms with Gasteiger partial charge >= 0.3 is 0 Å². The fourth-order valence-corrected chi connectivity index (χ4v) is 2.76. The zero-order valence-electron chi connectivity index (χ0n) is 14.3. The molecule has 0 unspecified atom stereocenters. The van der Waals surface area contributed by atoms with Crippen molar-refractivity contribution in [2.75, 3.05) is 19.0 Å². The van der Waals surface area contributed by atoms with Gasteiger partial charge < -0.3 is 15.4 Å². The summed E-state index contributed by atoms with van der Waals surface area (Å²) in [6, 6.07) is 11.9. The molecule has 136 valence electrons. The van der Waals surface area contributed by atoms with Crippen LogP contribution in [-0.2, 0) is 0 Å². The lowest BCUT2D eigenvalue weighted by molar-refractivity contribution is 0.0952. The van der Waals surface area contributed by atoms with Crippen molar-refractivity contribution >= 4 is 50.8 Å². The molecule has 2 aromatic carbocycles. The zero-order valence-corrected chi connectivity index (χ0v) is 16.7. The van der Waals surface area contributed by atoms with Crippen molar-refractivity contribution in [1.29, 1.82) is 0 Å². The van der Waals surface area contributed by atoms with Gasteiger partial charge in [0.15, 0.2) is 5.11 Å². The third kappa shape index (κ3) is 5.27. The van der Waals surface area contributed by atoms with Crippen LogP contribution in [0, 0.1) is 0 Å². The number of hydrogen-bond acceptors (Lipinski definition) is 4. The van der Waals surface area contributed by atoms with Crippen molar-refractivity contribution < 1.29 is 14.3 Å². The molecule has 0 saturated carbocycles. The molecule has 0 aromatic heterocycles. The molecule has 0 bridgehead atoms. The molecule has 0 atom stereocenters. The number of carbonyl (C=O) groups excluding carboxylic acids is 2. The number of amides is 2. The molecule has 0 aliphatic carbocycles. The number of anilines is 1. The summed E-state index contributed by atoms with van der Waals surface area (Å²) in [6.07, 6.45) is 0. The smallest absolute Gasteiger partial charge is 0.261 e. The number of methoxy groups -OCH3 is 1. The number of ether oxygens (including phenoxy) is 1. The van der Waals surface area contributed by atoms with Crippen molar-refractivity contribution in [3.05, 3.63) is 58.1 Å². The SMILES string of the molecule is CCNC(=O)c1cccc(NC(=S)NC(=O)c2cc(Br)ccc2OC)c1. The van der Waals surface area contributed by atoms with Gasteiger partial charge in [-0.3, -0.25) is 14.9 Å². The fourth-order valence-electron chi connectivity index (χ4n) is 2.19. The van der Waals surface area contributed by atoms with E-state index in [1.165, 1.54) is 7.11 Å². The molecular formula is C18H18BrN3O3S. The number of benzene rings is 2. The van der Waals surface area contributed by atoms with Crippen LogP contribution in [0.4, 0.5) is 5.69 Å². The average Bonchev–Trinajstić information content (AvgIpc) is 2.62. The van der Waals surface area contributed by atoms with Crippen molar-refractivity contribution in [1.82, 2.24) is 10.6 Å². The van der Waals surface area contributed by atoms with Crippen LogP contribution >= 0.6 is 28.1 Å². The Morgan fingerprint density at radius 3 is 2.62 bits per heavy atom. The summed E-state index contributed by atoms with van der Waals surface area (Å²) >= 11 is 8.51. The zero-order chi connectivity index (χ0) is 19.1. The van der Waals surface area contributed by atoms with Gasteiger partial charge in [0.1, 0.15) is 5.75 Å². The quantitative estimate of drug-likeness (QED) is 0.627. The van der Waals surface area contributed by atoms with Crippen LogP contribution in [0.15, 0.2) is 46.9 Å². The summed E-state index contributed by atoms with van der Waals surface area (Å²) in [4.78, 5) is 24.3. The van der Waals surface area contributed by atoms with E-state index in [9.17, 15) is 9.59 Å². The van der Waals surface area contributed by atoms with Crippen LogP contribution in [0.1, 0.15) is 27.6 Å². The van der Waals surface area contributed by atoms with Gasteiger partial charge in [0.2, 0.25) is 0 Å². The summed E-state index contributed by atoms with van der Waals surface area (Å²) in [5.74, 6) is -0.141. The summed E-state index contributed by atoms with van der Waals surface area (Å²) < 4.78 is 5.94. The Morgan fingerprint density at radius 2 is 1.92 bits per heavy atom. The first kappa shape index (κ1) is 19.9. The third-order valence-electron chi connectivity index (χ3n) is 3.35. The Labute approximate surface area is 165 Å². The topological polar surface area (TPSA) is 79.5 Å². The van der Waals surface area contributed by atoms with E-state index in [1.807, 2.05) is 6.92 Å². The van der Waals surface area contributed by atoms with Crippen LogP contribution < -0.4 is 20.7 Å². The van der Waals surface area contributed by atoms with Crippen LogP contribution in [0.3, 0.4) is 0 Å². The predicted octanol–water partition coefficient (Wildman–Crippen LogP) is 3.33. The molecule has 0 saturated heterocycles. The molecule has 2 aromatic rings. The molecule has 0 aliphatic rings. The van der Waals surface area contributed by atoms with E-state index in [1.54, 1.807) is 42.5 Å². The highest BCUT2D eigenvalue weighted by atomic mass is 79.9. The second-order valence-electron chi connectivity index (χ2n) is 5.19. The maximum Gasteiger partial charge on any atom is 0.261 e. The molecule has 8 heteroatoms. The van der Waals surface area contributed by atoms with E-state index in [4.69, 9.17) is 17.0 Å². The number of hydrogen-bond donors (Lipinski definition) is 3. The second-order valence-corrected chi connectivity index (χ2v) is 6.52. The number of carbonyl (C=O) groups is 2. The highest BCUT2D eigenvalue weighted by Crippen LogP contribution is 2.22. The van der Waals surface area contributed by atoms with Crippen molar-refractivity contribution in [3.8, 4) is 5.75 Å². The van der Waals surface area contributed by atoms with Crippen LogP contribution in [0.2, 0.25) is 0 Å². The van der Waals surface area contributed by atoms with Crippen LogP contribution in [0.5, 0.6) is 5.75 Å². The lowest BCUT2D eigenvalue weighted by Crippen LogP contribution is -2.34. The van der Waals surface area contributed by atoms with E-state index in [0.29, 0.717) is 29.1 Å². The molecule has 2 amide bonds. The van der Waals surface area contributed by atoms with Gasteiger partial charge in [-0.05, 0) is 55.5 Å². The lowest BCUT2D eigenvalue weighted by Gasteiger charge is -2.12. The minimum atomic E-state index is -0.402. The lowest BCUT2D eigenvalue weighted by atomic mass is 10.2. The molecule has 0 fully saturated rings. The van der Waals surface area contributed by atoms with Gasteiger partial charge in [-0.1, -0.05) is 22.0 Å². The van der Waals surface area contributed by atoms with Gasteiger partial charge in [0.05, 0.1) is 12.7 Å². The Kier molecular flexibility index (Phi) is 7.11. The number of rotatable bonds is 5. The van der Waals surface area contributed by atoms with E-state index in [-0.39, 0.29) is 11.0 Å². The molecular weight excluding hydrogens is 418 g/mol. The number of thiocarbonyl (C=S) groups is 1. The van der Waals surface area contributed by atoms with Gasteiger partial charge in [-0.15, -0.1) is 0 Å². The minimum Gasteiger partial charge on any atom is -0.496 e. The first-order valence-electron chi connectivity index (χ1n) is 7.78. The number of halogens is 1. The fraction of sp³-hybridized carbons (Fsp3) is 0.167. The summed E-state index contributed by atoms with van der Waals surface area (Å²) in [6.45, 7) is 2.39. The summed E-state index contributed by atoms with van der Waals surface area (Å²) in [5, 5.41) is 8.34. The van der Waals surface area contributed by atoms with Crippen molar-refractivity contribution in [3.63, 3.8) is 0 Å². The Bertz CT molecular complexity index is 842. The van der Waals surface area contributed by atoms with E-state index >= 15 is 0 Å². The predicted molar refractivity (Wildman–Crippen MR) is 109 cm³/mol. The van der Waals surface area contributed by atoms with E-state index in [2.05, 4.69) is 31.9 Å². The monoisotopic (exact) mass is 435 g/mol. The van der Waals surface area contributed by atoms with Gasteiger partial charge in [0.25, 0.3) is 11.8 Å². The first-order valence-corrected chi connectivity index (χ1v) is 8.99. The first-order chi connectivity index (χ1) is 12.4. The summed E-state index contributed by atoms with van der Waals surface area (Å²) in [5.41, 5.74) is 1.45. The van der Waals surface area contributed by atoms with E-state index in [0.717, 1.165) is 4.47 Å². The highest BCUT2D eigenvalue weighted by Gasteiger charge is 2.14. The van der Waals surface area contributed by atoms with Crippen LogP contribution in [-0.4, -0.2) is 30.6 Å². The van der Waals surface area contributed by atoms with Gasteiger partial charge in [-0.25, -0.2) is 0 Å². The highest BCUT2D eigenvalue weighted by molar-refractivity contribution is 9.10. The molecule has 3 N–H and O–H groups in total. The van der Waals surface area contributed by atoms with Crippen molar-refractivity contribution in [2.45, 2.75) is 6.92 Å². The van der Waals surface area contributed by atoms with Crippen molar-refractivity contribution in [2.24, 2.45) is 0 Å². The molecule has 0 radical (unpaired) electrons. The number of nitrogens with one attached hydrogen (secondary N) is 3. The second kappa shape index (κ2) is 9.30. The Hall–Kier alpha value is -2.45. The maximum atomic E-state index is 12.4. The Balaban J connectivity index is 2.07. The Morgan fingerprint density at radius 1 is 1.15 bits per heavy atom. The van der Waals surface area contributed by atoms with Gasteiger partial charge in [-0.2, -0.15) is 0 Å². The molecule has 0 heterocycles. The normalized spacial score (nSPS) is 9.96. The third-order valence-corrected chi connectivity index (χ3v) is 4.05. The van der Waals surface area contributed by atoms with E-state index < -0.39 is 5.91 Å². The largest absolute Gasteiger partial charge is 0.496 e. The standard InChI is InChI=1S/C18H18BrN3O3S/c1-3-20-16(23)11-5-4-6-13(9-11)21-18(26)22-17(24)14-10-12(19)7-8-15(14)25-2/h4-10H,3H2,1-2H3,(H,20,23)(H2,21,22,24,26). The molecule has 6 nitrogen and oxygen atoms in total. The minimum absolute atomic E-state index is 0.116. The summed E-state index contributed by atoms with van der Waals surface area (Å²) in [7, 11) is 1.49. The average molecular weight is 436 g/mol. The molecule has 26 heavy (non-hydrogen) atoms.